The fourth-order valence-corrected chi connectivity index (χ4v) is 3.06. The monoisotopic (exact) mass is 437 g/mol. The molecule has 32 heavy (non-hydrogen) atoms. The number of Topliss-reactive ketones (excluding diaryl/α,β-unsaturated/α-hetero) is 1. The van der Waals surface area contributed by atoms with Crippen LogP contribution in [0.1, 0.15) is 51.2 Å². The Balaban J connectivity index is 1.82. The third kappa shape index (κ3) is 5.16. The van der Waals surface area contributed by atoms with Gasteiger partial charge in [-0.05, 0) is 5.92 Å². The summed E-state index contributed by atoms with van der Waals surface area (Å²) in [6.07, 6.45) is 1.40. The van der Waals surface area contributed by atoms with Gasteiger partial charge < -0.3 is 9.73 Å². The van der Waals surface area contributed by atoms with Crippen molar-refractivity contribution in [2.24, 2.45) is 5.92 Å². The first-order chi connectivity index (χ1) is 15.1. The molecule has 0 radical (unpaired) electrons. The molecule has 9 heteroatoms. The van der Waals surface area contributed by atoms with Crippen molar-refractivity contribution in [1.82, 2.24) is 25.1 Å². The third-order valence-corrected chi connectivity index (χ3v) is 4.81. The summed E-state index contributed by atoms with van der Waals surface area (Å²) < 4.78 is 6.82. The average Bonchev–Trinajstić information content (AvgIpc) is 3.24. The van der Waals surface area contributed by atoms with E-state index in [9.17, 15) is 14.4 Å². The number of ketones is 1. The van der Waals surface area contributed by atoms with E-state index in [-0.39, 0.29) is 23.9 Å². The van der Waals surface area contributed by atoms with Gasteiger partial charge in [-0.25, -0.2) is 4.98 Å². The third-order valence-electron chi connectivity index (χ3n) is 4.81. The molecule has 9 nitrogen and oxygen atoms in total. The first kappa shape index (κ1) is 23.1. The van der Waals surface area contributed by atoms with Crippen LogP contribution in [-0.2, 0) is 16.8 Å². The number of carbonyl (C=O) groups excluding carboxylic acids is 2. The summed E-state index contributed by atoms with van der Waals surface area (Å²) in [6, 6.07) is 9.51. The molecule has 168 valence electrons. The first-order valence-corrected chi connectivity index (χ1v) is 10.4. The van der Waals surface area contributed by atoms with Crippen LogP contribution in [0.5, 0.6) is 0 Å². The number of carbonyl (C=O) groups is 2. The van der Waals surface area contributed by atoms with E-state index < -0.39 is 23.1 Å². The zero-order chi connectivity index (χ0) is 23.5. The maximum absolute atomic E-state index is 13.0. The van der Waals surface area contributed by atoms with Crippen molar-refractivity contribution in [3.63, 3.8) is 0 Å². The van der Waals surface area contributed by atoms with E-state index in [4.69, 9.17) is 4.42 Å². The van der Waals surface area contributed by atoms with Crippen LogP contribution >= 0.6 is 0 Å². The van der Waals surface area contributed by atoms with Gasteiger partial charge in [0.25, 0.3) is 11.4 Å². The topological polar surface area (TPSA) is 120 Å². The van der Waals surface area contributed by atoms with Gasteiger partial charge >= 0.3 is 0 Å². The molecule has 3 aromatic rings. The van der Waals surface area contributed by atoms with Crippen molar-refractivity contribution in [2.45, 2.75) is 52.6 Å². The SMILES string of the molecule is CC(C)[C@H](NC(=O)Cn1c(-c2ccccc2)nccc1=O)C(=O)c1nnc(C(C)(C)C)o1. The van der Waals surface area contributed by atoms with Crippen LogP contribution in [0.3, 0.4) is 0 Å². The van der Waals surface area contributed by atoms with Crippen LogP contribution in [0.25, 0.3) is 11.4 Å². The number of hydrogen-bond donors (Lipinski definition) is 1. The number of hydrogen-bond acceptors (Lipinski definition) is 7. The minimum atomic E-state index is -0.886. The molecule has 0 unspecified atom stereocenters. The standard InChI is InChI=1S/C23H27N5O4/c1-14(2)18(19(31)21-26-27-22(32-21)23(3,4)5)25-16(29)13-28-17(30)11-12-24-20(28)15-9-7-6-8-10-15/h6-12,14,18H,13H2,1-5H3,(H,25,29)/t18-/m0/s1. The van der Waals surface area contributed by atoms with Gasteiger partial charge in [0.2, 0.25) is 17.6 Å². The quantitative estimate of drug-likeness (QED) is 0.564. The van der Waals surface area contributed by atoms with Gasteiger partial charge in [0.1, 0.15) is 12.4 Å². The molecule has 0 aliphatic rings. The van der Waals surface area contributed by atoms with Gasteiger partial charge in [-0.2, -0.15) is 0 Å². The van der Waals surface area contributed by atoms with E-state index in [0.717, 1.165) is 0 Å². The van der Waals surface area contributed by atoms with Gasteiger partial charge in [-0.1, -0.05) is 65.0 Å². The second-order valence-corrected chi connectivity index (χ2v) is 8.87. The molecule has 1 amide bonds. The van der Waals surface area contributed by atoms with E-state index in [1.54, 1.807) is 26.0 Å². The van der Waals surface area contributed by atoms with Gasteiger partial charge in [-0.3, -0.25) is 19.0 Å². The van der Waals surface area contributed by atoms with Crippen molar-refractivity contribution < 1.29 is 14.0 Å². The molecule has 0 saturated carbocycles. The largest absolute Gasteiger partial charge is 0.418 e. The summed E-state index contributed by atoms with van der Waals surface area (Å²) in [5.41, 5.74) is -0.0690. The smallest absolute Gasteiger partial charge is 0.286 e. The predicted molar refractivity (Wildman–Crippen MR) is 118 cm³/mol. The van der Waals surface area contributed by atoms with Crippen LogP contribution < -0.4 is 10.9 Å². The molecule has 1 aromatic carbocycles. The van der Waals surface area contributed by atoms with Crippen molar-refractivity contribution in [3.8, 4) is 11.4 Å². The minimum absolute atomic E-state index is 0.155. The Bertz CT molecular complexity index is 1160. The molecule has 0 aliphatic carbocycles. The van der Waals surface area contributed by atoms with Crippen molar-refractivity contribution in [3.05, 3.63) is 64.7 Å². The van der Waals surface area contributed by atoms with E-state index >= 15 is 0 Å². The fourth-order valence-electron chi connectivity index (χ4n) is 3.06. The van der Waals surface area contributed by atoms with Gasteiger partial charge in [0.15, 0.2) is 0 Å². The number of aromatic nitrogens is 4. The second kappa shape index (κ2) is 9.25. The lowest BCUT2D eigenvalue weighted by molar-refractivity contribution is -0.122. The first-order valence-electron chi connectivity index (χ1n) is 10.4. The minimum Gasteiger partial charge on any atom is -0.418 e. The highest BCUT2D eigenvalue weighted by atomic mass is 16.4. The Morgan fingerprint density at radius 3 is 2.38 bits per heavy atom. The maximum Gasteiger partial charge on any atom is 0.286 e. The summed E-state index contributed by atoms with van der Waals surface area (Å²) in [4.78, 5) is 42.6. The number of benzene rings is 1. The van der Waals surface area contributed by atoms with Gasteiger partial charge in [0, 0.05) is 23.2 Å². The molecule has 1 atom stereocenters. The van der Waals surface area contributed by atoms with Crippen LogP contribution in [0, 0.1) is 5.92 Å². The number of nitrogens with one attached hydrogen (secondary N) is 1. The molecule has 0 fully saturated rings. The van der Waals surface area contributed by atoms with Crippen LogP contribution in [0.2, 0.25) is 0 Å². The summed E-state index contributed by atoms with van der Waals surface area (Å²) >= 11 is 0. The van der Waals surface area contributed by atoms with E-state index in [2.05, 4.69) is 20.5 Å². The van der Waals surface area contributed by atoms with Gasteiger partial charge in [-0.15, -0.1) is 10.2 Å². The molecule has 3 rings (SSSR count). The van der Waals surface area contributed by atoms with Crippen LogP contribution in [-0.4, -0.2) is 37.5 Å². The van der Waals surface area contributed by atoms with Crippen molar-refractivity contribution in [2.75, 3.05) is 0 Å². The number of amides is 1. The molecule has 0 aliphatic heterocycles. The number of rotatable bonds is 7. The molecular weight excluding hydrogens is 410 g/mol. The molecular formula is C23H27N5O4. The lowest BCUT2D eigenvalue weighted by Gasteiger charge is -2.20. The fraction of sp³-hybridized carbons (Fsp3) is 0.391. The summed E-state index contributed by atoms with van der Waals surface area (Å²) in [5, 5.41) is 10.5. The Hall–Kier alpha value is -3.62. The van der Waals surface area contributed by atoms with Crippen LogP contribution in [0.4, 0.5) is 0 Å². The van der Waals surface area contributed by atoms with E-state index in [1.807, 2.05) is 39.0 Å². The zero-order valence-electron chi connectivity index (χ0n) is 18.8. The van der Waals surface area contributed by atoms with Crippen molar-refractivity contribution in [1.29, 1.82) is 0 Å². The molecule has 2 heterocycles. The molecule has 0 spiro atoms. The Labute approximate surface area is 185 Å². The number of nitrogens with zero attached hydrogens (tertiary/aromatic N) is 4. The average molecular weight is 438 g/mol. The maximum atomic E-state index is 13.0. The van der Waals surface area contributed by atoms with E-state index in [1.165, 1.54) is 16.8 Å². The van der Waals surface area contributed by atoms with Crippen LogP contribution in [0.15, 0.2) is 51.8 Å². The molecule has 0 saturated heterocycles. The Morgan fingerprint density at radius 1 is 1.09 bits per heavy atom. The predicted octanol–water partition coefficient (Wildman–Crippen LogP) is 2.61. The highest BCUT2D eigenvalue weighted by Gasteiger charge is 2.31. The highest BCUT2D eigenvalue weighted by Crippen LogP contribution is 2.21. The second-order valence-electron chi connectivity index (χ2n) is 8.87. The molecule has 0 bridgehead atoms. The highest BCUT2D eigenvalue weighted by molar-refractivity contribution is 5.98. The summed E-state index contributed by atoms with van der Waals surface area (Å²) in [6.45, 7) is 9.00. The zero-order valence-corrected chi connectivity index (χ0v) is 18.8. The molecule has 1 N–H and O–H groups in total. The van der Waals surface area contributed by atoms with Crippen molar-refractivity contribution >= 4 is 11.7 Å². The summed E-state index contributed by atoms with van der Waals surface area (Å²) in [7, 11) is 0. The Morgan fingerprint density at radius 2 is 1.78 bits per heavy atom. The normalized spacial score (nSPS) is 12.6. The molecule has 2 aromatic heterocycles. The summed E-state index contributed by atoms with van der Waals surface area (Å²) in [5.74, 6) is -0.664. The van der Waals surface area contributed by atoms with Gasteiger partial charge in [0.05, 0.1) is 6.04 Å². The Kier molecular flexibility index (Phi) is 6.67. The lowest BCUT2D eigenvalue weighted by Crippen LogP contribution is -2.46. The lowest BCUT2D eigenvalue weighted by atomic mass is 9.97. The van der Waals surface area contributed by atoms with E-state index in [0.29, 0.717) is 17.3 Å².